The zero-order chi connectivity index (χ0) is 8.97. The van der Waals surface area contributed by atoms with E-state index in [-0.39, 0.29) is 40.1 Å². The minimum atomic E-state index is 0. The summed E-state index contributed by atoms with van der Waals surface area (Å²) in [4.78, 5) is 0. The summed E-state index contributed by atoms with van der Waals surface area (Å²) in [7, 11) is 1.99. The van der Waals surface area contributed by atoms with Gasteiger partial charge in [0, 0.05) is 45.4 Å². The number of benzene rings is 1. The molecule has 0 aliphatic carbocycles. The Hall–Kier alpha value is 0.124. The third-order valence-corrected chi connectivity index (χ3v) is 2.25. The summed E-state index contributed by atoms with van der Waals surface area (Å²) in [6.45, 7) is 4.38. The Morgan fingerprint density at radius 3 is 1.79 bits per heavy atom. The average molecular weight is 267 g/mol. The Kier molecular flexibility index (Phi) is 9.97. The molecule has 0 aromatic heterocycles. The summed E-state index contributed by atoms with van der Waals surface area (Å²) in [5.74, 6) is 0. The molecule has 0 heterocycles. The quantitative estimate of drug-likeness (QED) is 0.828. The van der Waals surface area contributed by atoms with Crippen molar-refractivity contribution in [3.8, 4) is 0 Å². The van der Waals surface area contributed by atoms with Gasteiger partial charge in [0.25, 0.3) is 0 Å². The predicted molar refractivity (Wildman–Crippen MR) is 61.2 cm³/mol. The van der Waals surface area contributed by atoms with Crippen molar-refractivity contribution in [3.63, 3.8) is 0 Å². The minimum Gasteiger partial charge on any atom is -0.388 e. The molecule has 1 aromatic carbocycles. The van der Waals surface area contributed by atoms with Gasteiger partial charge in [-0.05, 0) is 24.0 Å². The Bertz CT molecular complexity index is 236. The maximum absolute atomic E-state index is 3.27. The van der Waals surface area contributed by atoms with Crippen LogP contribution in [0.25, 0.3) is 0 Å². The zero-order valence-electron chi connectivity index (χ0n) is 9.72. The first-order chi connectivity index (χ1) is 5.83. The van der Waals surface area contributed by atoms with Gasteiger partial charge in [0.2, 0.25) is 0 Å². The summed E-state index contributed by atoms with van der Waals surface area (Å²) in [5.41, 5.74) is 4.15. The van der Waals surface area contributed by atoms with Gasteiger partial charge in [-0.1, -0.05) is 32.0 Å². The van der Waals surface area contributed by atoms with Crippen LogP contribution < -0.4 is 5.32 Å². The zero-order valence-corrected chi connectivity index (χ0v) is 12.6. The number of rotatable bonds is 3. The summed E-state index contributed by atoms with van der Waals surface area (Å²) < 4.78 is 0. The van der Waals surface area contributed by atoms with Crippen molar-refractivity contribution in [1.82, 2.24) is 0 Å². The smallest absolute Gasteiger partial charge is 0.0402 e. The van der Waals surface area contributed by atoms with E-state index in [9.17, 15) is 0 Å². The molecule has 0 atom stereocenters. The maximum atomic E-state index is 3.27. The molecule has 1 radical (unpaired) electrons. The third kappa shape index (κ3) is 3.70. The van der Waals surface area contributed by atoms with Crippen LogP contribution >= 0.6 is 0 Å². The standard InChI is InChI=1S/C11H17N.CH3.Y/c1-4-9-7-6-8-10(5-2)11(9)12-3;;/h6-8,12H,4-5H2,1-3H3;1H3;/q;-1;. The summed E-state index contributed by atoms with van der Waals surface area (Å²) in [5, 5.41) is 3.27. The number of hydrogen-bond acceptors (Lipinski definition) is 1. The SMILES string of the molecule is CCc1cccc(CC)c1NC.[CH3-].[Y]. The molecule has 1 nitrogen and oxygen atoms in total. The van der Waals surface area contributed by atoms with Crippen molar-refractivity contribution in [2.75, 3.05) is 12.4 Å². The number of para-hydroxylation sites is 1. The van der Waals surface area contributed by atoms with Gasteiger partial charge in [-0.2, -0.15) is 0 Å². The van der Waals surface area contributed by atoms with E-state index in [1.165, 1.54) is 16.8 Å². The Morgan fingerprint density at radius 1 is 1.07 bits per heavy atom. The van der Waals surface area contributed by atoms with Crippen LogP contribution in [0.15, 0.2) is 18.2 Å². The topological polar surface area (TPSA) is 12.0 Å². The molecule has 0 bridgehead atoms. The van der Waals surface area contributed by atoms with Crippen molar-refractivity contribution in [2.24, 2.45) is 0 Å². The van der Waals surface area contributed by atoms with Gasteiger partial charge in [-0.3, -0.25) is 0 Å². The fraction of sp³-hybridized carbons (Fsp3) is 0.417. The predicted octanol–water partition coefficient (Wildman–Crippen LogP) is 3.30. The van der Waals surface area contributed by atoms with Crippen LogP contribution in [0.1, 0.15) is 25.0 Å². The molecule has 0 spiro atoms. The molecule has 0 saturated heterocycles. The average Bonchev–Trinajstić information content (AvgIpc) is 2.16. The fourth-order valence-corrected chi connectivity index (χ4v) is 1.56. The second-order valence-electron chi connectivity index (χ2n) is 2.91. The van der Waals surface area contributed by atoms with Gasteiger partial charge in [0.15, 0.2) is 0 Å². The Balaban J connectivity index is 0. The second-order valence-corrected chi connectivity index (χ2v) is 2.91. The van der Waals surface area contributed by atoms with Gasteiger partial charge in [0.1, 0.15) is 0 Å². The van der Waals surface area contributed by atoms with E-state index in [0.717, 1.165) is 12.8 Å². The van der Waals surface area contributed by atoms with E-state index in [4.69, 9.17) is 0 Å². The van der Waals surface area contributed by atoms with E-state index in [0.29, 0.717) is 0 Å². The molecule has 77 valence electrons. The van der Waals surface area contributed by atoms with E-state index in [2.05, 4.69) is 37.4 Å². The molecule has 2 heteroatoms. The van der Waals surface area contributed by atoms with Crippen LogP contribution in [0.3, 0.4) is 0 Å². The third-order valence-electron chi connectivity index (χ3n) is 2.25. The van der Waals surface area contributed by atoms with Crippen molar-refractivity contribution in [2.45, 2.75) is 26.7 Å². The first-order valence-corrected chi connectivity index (χ1v) is 4.62. The fourth-order valence-electron chi connectivity index (χ4n) is 1.56. The first kappa shape index (κ1) is 16.5. The van der Waals surface area contributed by atoms with Gasteiger partial charge >= 0.3 is 0 Å². The molecule has 0 fully saturated rings. The maximum Gasteiger partial charge on any atom is 0.0402 e. The molecular weight excluding hydrogens is 247 g/mol. The number of anilines is 1. The molecule has 1 N–H and O–H groups in total. The van der Waals surface area contributed by atoms with Crippen LogP contribution in [0, 0.1) is 7.43 Å². The summed E-state index contributed by atoms with van der Waals surface area (Å²) in [6.07, 6.45) is 2.20. The Labute approximate surface area is 114 Å². The van der Waals surface area contributed by atoms with Gasteiger partial charge in [-0.15, -0.1) is 0 Å². The van der Waals surface area contributed by atoms with Crippen LogP contribution in [0.2, 0.25) is 0 Å². The molecule has 0 aliphatic heterocycles. The second kappa shape index (κ2) is 8.43. The molecule has 0 unspecified atom stereocenters. The normalized spacial score (nSPS) is 8.50. The minimum absolute atomic E-state index is 0. The Morgan fingerprint density at radius 2 is 1.50 bits per heavy atom. The van der Waals surface area contributed by atoms with Crippen LogP contribution in [0.5, 0.6) is 0 Å². The number of aryl methyl sites for hydroxylation is 2. The van der Waals surface area contributed by atoms with Gasteiger partial charge in [0.05, 0.1) is 0 Å². The molecule has 0 amide bonds. The first-order valence-electron chi connectivity index (χ1n) is 4.62. The molecule has 1 rings (SSSR count). The molecule has 14 heavy (non-hydrogen) atoms. The molecule has 0 aliphatic rings. The summed E-state index contributed by atoms with van der Waals surface area (Å²) in [6, 6.07) is 6.51. The van der Waals surface area contributed by atoms with E-state index in [1.807, 2.05) is 7.05 Å². The van der Waals surface area contributed by atoms with E-state index >= 15 is 0 Å². The van der Waals surface area contributed by atoms with Crippen molar-refractivity contribution in [1.29, 1.82) is 0 Å². The van der Waals surface area contributed by atoms with Gasteiger partial charge in [-0.25, -0.2) is 0 Å². The van der Waals surface area contributed by atoms with E-state index in [1.54, 1.807) is 0 Å². The summed E-state index contributed by atoms with van der Waals surface area (Å²) >= 11 is 0. The van der Waals surface area contributed by atoms with Crippen LogP contribution in [-0.2, 0) is 45.6 Å². The molecule has 1 aromatic rings. The van der Waals surface area contributed by atoms with Crippen molar-refractivity contribution >= 4 is 5.69 Å². The number of nitrogens with one attached hydrogen (secondary N) is 1. The molecular formula is C12H20NY-. The van der Waals surface area contributed by atoms with Crippen molar-refractivity contribution in [3.05, 3.63) is 36.8 Å². The van der Waals surface area contributed by atoms with Crippen LogP contribution in [0.4, 0.5) is 5.69 Å². The van der Waals surface area contributed by atoms with Gasteiger partial charge < -0.3 is 12.7 Å². The largest absolute Gasteiger partial charge is 0.388 e. The van der Waals surface area contributed by atoms with E-state index < -0.39 is 0 Å². The monoisotopic (exact) mass is 267 g/mol. The van der Waals surface area contributed by atoms with Crippen LogP contribution in [-0.4, -0.2) is 7.05 Å². The number of hydrogen-bond donors (Lipinski definition) is 1. The molecule has 0 saturated carbocycles. The van der Waals surface area contributed by atoms with Crippen molar-refractivity contribution < 1.29 is 32.7 Å².